The predicted octanol–water partition coefficient (Wildman–Crippen LogP) is 6.47. The van der Waals surface area contributed by atoms with E-state index in [1.807, 2.05) is 0 Å². The van der Waals surface area contributed by atoms with Gasteiger partial charge in [-0.1, -0.05) is 18.9 Å². The molecule has 52 heavy (non-hydrogen) atoms. The van der Waals surface area contributed by atoms with Gasteiger partial charge in [-0.15, -0.1) is 19.6 Å². The number of phenolic OH excluding ortho intramolecular Hbond substituents is 1. The number of nitrogens with one attached hydrogen (secondary N) is 1. The van der Waals surface area contributed by atoms with Crippen LogP contribution >= 0.6 is 0 Å². The van der Waals surface area contributed by atoms with Crippen LogP contribution in [0.25, 0.3) is 32.9 Å². The molecule has 3 fully saturated rings. The topological polar surface area (TPSA) is 95.9 Å². The third kappa shape index (κ3) is 6.58. The number of aromatic hydroxyl groups is 1. The summed E-state index contributed by atoms with van der Waals surface area (Å²) in [5, 5.41) is 15.5. The predicted molar refractivity (Wildman–Crippen MR) is 185 cm³/mol. The molecule has 4 aliphatic rings. The van der Waals surface area contributed by atoms with E-state index < -0.39 is 24.1 Å². The number of alkyl halides is 3. The Balaban J connectivity index is 1.17. The number of piperazine rings is 1. The van der Waals surface area contributed by atoms with Crippen molar-refractivity contribution in [3.63, 3.8) is 0 Å². The zero-order valence-corrected chi connectivity index (χ0v) is 28.7. The minimum atomic E-state index is -4.64. The second-order valence-electron chi connectivity index (χ2n) is 14.6. The molecular weight excluding hydrogens is 683 g/mol. The number of piperidine rings is 1. The van der Waals surface area contributed by atoms with Gasteiger partial charge < -0.3 is 25.0 Å². The number of rotatable bonds is 8. The Labute approximate surface area is 297 Å². The van der Waals surface area contributed by atoms with E-state index in [2.05, 4.69) is 37.7 Å². The number of fused-ring (bicyclic) bond motifs is 3. The number of nitrogens with zero attached hydrogens (tertiary/aromatic N) is 5. The first-order chi connectivity index (χ1) is 24.9. The molecule has 0 unspecified atom stereocenters. The first-order valence-electron chi connectivity index (χ1n) is 17.9. The molecule has 8 rings (SSSR count). The van der Waals surface area contributed by atoms with Crippen LogP contribution in [-0.2, 0) is 11.2 Å². The Morgan fingerprint density at radius 1 is 1.08 bits per heavy atom. The highest BCUT2D eigenvalue weighted by Crippen LogP contribution is 2.48. The van der Waals surface area contributed by atoms with E-state index in [0.717, 1.165) is 19.3 Å². The van der Waals surface area contributed by atoms with Gasteiger partial charge in [-0.25, -0.2) is 13.8 Å². The summed E-state index contributed by atoms with van der Waals surface area (Å²) in [6.07, 6.45) is 4.68. The number of aryl methyl sites for hydroxylation is 1. The van der Waals surface area contributed by atoms with Gasteiger partial charge in [0, 0.05) is 61.2 Å². The molecule has 5 heterocycles. The maximum Gasteiger partial charge on any atom is 0.522 e. The van der Waals surface area contributed by atoms with Gasteiger partial charge >= 0.3 is 12.4 Å². The van der Waals surface area contributed by atoms with Gasteiger partial charge in [-0.2, -0.15) is 9.97 Å². The van der Waals surface area contributed by atoms with Crippen molar-refractivity contribution in [1.82, 2.24) is 25.2 Å². The van der Waals surface area contributed by atoms with Gasteiger partial charge in [0.15, 0.2) is 5.82 Å². The highest BCUT2D eigenvalue weighted by Gasteiger charge is 2.46. The fraction of sp³-hybridized carbons (Fsp3) is 0.500. The average Bonchev–Trinajstić information content (AvgIpc) is 3.91. The quantitative estimate of drug-likeness (QED) is 0.157. The maximum atomic E-state index is 17.1. The van der Waals surface area contributed by atoms with Crippen LogP contribution in [0.1, 0.15) is 56.7 Å². The zero-order valence-electron chi connectivity index (χ0n) is 28.7. The van der Waals surface area contributed by atoms with Crippen LogP contribution < -0.4 is 15.0 Å². The number of pyridine rings is 1. The second kappa shape index (κ2) is 13.3. The lowest BCUT2D eigenvalue weighted by Crippen LogP contribution is -2.56. The van der Waals surface area contributed by atoms with Crippen molar-refractivity contribution >= 4 is 27.5 Å². The van der Waals surface area contributed by atoms with Crippen molar-refractivity contribution in [3.8, 4) is 35.4 Å². The van der Waals surface area contributed by atoms with Crippen LogP contribution in [0.5, 0.6) is 11.8 Å². The first kappa shape index (κ1) is 34.7. The lowest BCUT2D eigenvalue weighted by atomic mass is 9.95. The van der Waals surface area contributed by atoms with Crippen molar-refractivity contribution in [2.75, 3.05) is 44.2 Å². The molecule has 9 nitrogen and oxygen atoms in total. The Kier molecular flexibility index (Phi) is 8.87. The fourth-order valence-corrected chi connectivity index (χ4v) is 8.14. The van der Waals surface area contributed by atoms with E-state index in [9.17, 15) is 18.3 Å². The molecule has 2 atom stereocenters. The van der Waals surface area contributed by atoms with Gasteiger partial charge in [0.2, 0.25) is 0 Å². The zero-order chi connectivity index (χ0) is 36.4. The van der Waals surface area contributed by atoms with Crippen molar-refractivity contribution < 1.29 is 36.5 Å². The number of halogens is 5. The molecule has 0 amide bonds. The normalized spacial score (nSPS) is 21.9. The van der Waals surface area contributed by atoms with Crippen LogP contribution in [0.3, 0.4) is 0 Å². The van der Waals surface area contributed by atoms with E-state index in [-0.39, 0.29) is 63.6 Å². The van der Waals surface area contributed by atoms with E-state index in [0.29, 0.717) is 80.7 Å². The van der Waals surface area contributed by atoms with Crippen LogP contribution in [0.4, 0.5) is 27.8 Å². The lowest BCUT2D eigenvalue weighted by molar-refractivity contribution is -0.345. The number of hydrogen-bond acceptors (Lipinski definition) is 9. The van der Waals surface area contributed by atoms with Crippen molar-refractivity contribution in [3.05, 3.63) is 47.2 Å². The number of aromatic nitrogens is 3. The molecule has 2 N–H and O–H groups in total. The summed E-state index contributed by atoms with van der Waals surface area (Å²) in [4.78, 5) is 18.8. The highest BCUT2D eigenvalue weighted by atomic mass is 19.4. The molecular formula is C38H39F5N6O3. The smallest absolute Gasteiger partial charge is 0.508 e. The van der Waals surface area contributed by atoms with Gasteiger partial charge in [-0.05, 0) is 68.5 Å². The van der Waals surface area contributed by atoms with Gasteiger partial charge in [-0.3, -0.25) is 4.74 Å². The third-order valence-electron chi connectivity index (χ3n) is 11.1. The Morgan fingerprint density at radius 3 is 2.58 bits per heavy atom. The molecule has 2 aromatic heterocycles. The summed E-state index contributed by atoms with van der Waals surface area (Å²) >= 11 is 0. The summed E-state index contributed by atoms with van der Waals surface area (Å²) < 4.78 is 80.9. The average molecular weight is 723 g/mol. The summed E-state index contributed by atoms with van der Waals surface area (Å²) in [5.41, 5.74) is 0.353. The minimum Gasteiger partial charge on any atom is -0.508 e. The highest BCUT2D eigenvalue weighted by molar-refractivity contribution is 6.03. The standard InChI is InChI=1S/C38H39F5N6O3/c1-3-22-18-49-23(17-44-22)6-8-29-31-34(32(40)33(45-29)27-16-24(50)15-21-5-7-28(39)26(4-2)30(21)27)46-36(47-35(31)49)51-20-37(11-12-37)19-48-13-9-25(10-14-48)52-38(41,42)43/h2,5,7,15-16,22-23,25,44,50H,3,6,8-14,17-20H2,1H3/t22-,23-/m1/s1. The van der Waals surface area contributed by atoms with Crippen LogP contribution in [0.2, 0.25) is 0 Å². The first-order valence-corrected chi connectivity index (χ1v) is 17.9. The number of terminal acetylenes is 1. The Morgan fingerprint density at radius 2 is 1.87 bits per heavy atom. The van der Waals surface area contributed by atoms with E-state index >= 15 is 8.78 Å². The number of anilines is 1. The summed E-state index contributed by atoms with van der Waals surface area (Å²) in [6.45, 7) is 5.34. The SMILES string of the molecule is C#Cc1c(F)ccc2cc(O)cc(-c3nc4c5c(nc(OCC6(CN7CCC(OC(F)(F)F)CC7)CC6)nc5c3F)N3C[C@@H](CC)NC[C@H]3CC4)c12. The molecule has 274 valence electrons. The Hall–Kier alpha value is -4.32. The van der Waals surface area contributed by atoms with E-state index in [1.54, 1.807) is 0 Å². The molecule has 1 aliphatic carbocycles. The molecule has 2 aromatic carbocycles. The number of ether oxygens (including phenoxy) is 2. The number of hydrogen-bond donors (Lipinski definition) is 2. The molecule has 0 spiro atoms. The second-order valence-corrected chi connectivity index (χ2v) is 14.6. The molecule has 14 heteroatoms. The maximum absolute atomic E-state index is 17.1. The molecule has 2 saturated heterocycles. The summed E-state index contributed by atoms with van der Waals surface area (Å²) in [6, 6.07) is 5.75. The minimum absolute atomic E-state index is 0.0106. The lowest BCUT2D eigenvalue weighted by Gasteiger charge is -2.40. The van der Waals surface area contributed by atoms with Crippen LogP contribution in [0.15, 0.2) is 24.3 Å². The van der Waals surface area contributed by atoms with Gasteiger partial charge in [0.1, 0.15) is 28.6 Å². The number of phenols is 1. The van der Waals surface area contributed by atoms with Crippen molar-refractivity contribution in [2.24, 2.45) is 5.41 Å². The van der Waals surface area contributed by atoms with Gasteiger partial charge in [0.25, 0.3) is 0 Å². The van der Waals surface area contributed by atoms with Crippen LogP contribution in [0, 0.1) is 29.4 Å². The van der Waals surface area contributed by atoms with Gasteiger partial charge in [0.05, 0.1) is 29.4 Å². The van der Waals surface area contributed by atoms with E-state index in [1.165, 1.54) is 24.3 Å². The largest absolute Gasteiger partial charge is 0.522 e. The Bertz CT molecular complexity index is 2080. The molecule has 0 radical (unpaired) electrons. The fourth-order valence-electron chi connectivity index (χ4n) is 8.14. The van der Waals surface area contributed by atoms with E-state index in [4.69, 9.17) is 21.1 Å². The summed E-state index contributed by atoms with van der Waals surface area (Å²) in [7, 11) is 0. The number of benzene rings is 2. The molecule has 1 saturated carbocycles. The van der Waals surface area contributed by atoms with Crippen molar-refractivity contribution in [2.45, 2.75) is 76.4 Å². The third-order valence-corrected chi connectivity index (χ3v) is 11.1. The van der Waals surface area contributed by atoms with Crippen LogP contribution in [-0.4, -0.2) is 88.8 Å². The number of likely N-dealkylation sites (tertiary alicyclic amines) is 1. The monoisotopic (exact) mass is 722 g/mol. The summed E-state index contributed by atoms with van der Waals surface area (Å²) in [5.74, 6) is 1.37. The molecule has 3 aliphatic heterocycles. The molecule has 4 aromatic rings. The van der Waals surface area contributed by atoms with Crippen molar-refractivity contribution in [1.29, 1.82) is 0 Å². The molecule has 0 bridgehead atoms.